The number of nitrogens with zero attached hydrogens (tertiary/aromatic N) is 1. The Bertz CT molecular complexity index is 631. The third-order valence-corrected chi connectivity index (χ3v) is 4.47. The van der Waals surface area contributed by atoms with E-state index < -0.39 is 15.8 Å². The highest BCUT2D eigenvalue weighted by atomic mass is 32.2. The van der Waals surface area contributed by atoms with Gasteiger partial charge in [0.15, 0.2) is 10.8 Å². The lowest BCUT2D eigenvalue weighted by atomic mass is 9.90. The van der Waals surface area contributed by atoms with Gasteiger partial charge in [-0.2, -0.15) is 0 Å². The van der Waals surface area contributed by atoms with Gasteiger partial charge in [-0.15, -0.1) is 0 Å². The van der Waals surface area contributed by atoms with E-state index in [4.69, 9.17) is 14.6 Å². The maximum Gasteiger partial charge on any atom is 0.255 e. The lowest BCUT2D eigenvalue weighted by Crippen LogP contribution is -2.31. The van der Waals surface area contributed by atoms with Crippen molar-refractivity contribution in [3.8, 4) is 0 Å². The van der Waals surface area contributed by atoms with Crippen LogP contribution in [-0.2, 0) is 19.5 Å². The summed E-state index contributed by atoms with van der Waals surface area (Å²) in [6, 6.07) is 3.16. The van der Waals surface area contributed by atoms with Crippen molar-refractivity contribution in [1.82, 2.24) is 4.98 Å². The van der Waals surface area contributed by atoms with Crippen LogP contribution in [0, 0.1) is 0 Å². The summed E-state index contributed by atoms with van der Waals surface area (Å²) in [4.78, 5) is 3.90. The van der Waals surface area contributed by atoms with Crippen LogP contribution < -0.4 is 5.14 Å². The third-order valence-electron chi connectivity index (χ3n) is 3.65. The highest BCUT2D eigenvalue weighted by molar-refractivity contribution is 7.89. The van der Waals surface area contributed by atoms with Crippen molar-refractivity contribution in [3.05, 3.63) is 30.0 Å². The van der Waals surface area contributed by atoms with Gasteiger partial charge in [0.1, 0.15) is 0 Å². The first-order valence-electron chi connectivity index (χ1n) is 6.45. The minimum atomic E-state index is -3.74. The molecule has 2 aliphatic rings. The van der Waals surface area contributed by atoms with Crippen LogP contribution in [0.3, 0.4) is 0 Å². The molecule has 1 aromatic heterocycles. The predicted octanol–water partition coefficient (Wildman–Crippen LogP) is 1.04. The summed E-state index contributed by atoms with van der Waals surface area (Å²) in [5.74, 6) is -0.447. The van der Waals surface area contributed by atoms with E-state index in [1.165, 1.54) is 6.07 Å². The number of ether oxygens (including phenoxy) is 2. The van der Waals surface area contributed by atoms with E-state index in [1.54, 1.807) is 12.3 Å². The van der Waals surface area contributed by atoms with Crippen LogP contribution in [0.4, 0.5) is 0 Å². The van der Waals surface area contributed by atoms with Gasteiger partial charge >= 0.3 is 0 Å². The van der Waals surface area contributed by atoms with Gasteiger partial charge in [0.05, 0.1) is 13.2 Å². The van der Waals surface area contributed by atoms with Gasteiger partial charge in [-0.1, -0.05) is 12.1 Å². The largest absolute Gasteiger partial charge is 0.347 e. The molecule has 1 saturated heterocycles. The predicted molar refractivity (Wildman–Crippen MR) is 72.1 cm³/mol. The summed E-state index contributed by atoms with van der Waals surface area (Å²) in [6.07, 6.45) is 5.94. The molecule has 0 amide bonds. The van der Waals surface area contributed by atoms with Gasteiger partial charge in [-0.05, 0) is 23.6 Å². The zero-order chi connectivity index (χ0) is 14.2. The Hall–Kier alpha value is -1.28. The van der Waals surface area contributed by atoms with Crippen LogP contribution >= 0.6 is 0 Å². The first-order chi connectivity index (χ1) is 9.49. The van der Waals surface area contributed by atoms with E-state index in [1.807, 2.05) is 0 Å². The molecule has 2 heterocycles. The van der Waals surface area contributed by atoms with E-state index in [9.17, 15) is 8.42 Å². The van der Waals surface area contributed by atoms with Crippen molar-refractivity contribution in [3.63, 3.8) is 0 Å². The first kappa shape index (κ1) is 13.7. The zero-order valence-corrected chi connectivity index (χ0v) is 11.7. The van der Waals surface area contributed by atoms with Crippen LogP contribution in [0.1, 0.15) is 24.8 Å². The van der Waals surface area contributed by atoms with Gasteiger partial charge in [0.25, 0.3) is 10.0 Å². The SMILES string of the molecule is NS(=O)(=O)c1ccc(C2=CCC3(CC2)OCCO3)cn1. The molecule has 0 unspecified atom stereocenters. The van der Waals surface area contributed by atoms with Crippen molar-refractivity contribution in [2.45, 2.75) is 30.1 Å². The van der Waals surface area contributed by atoms with Gasteiger partial charge < -0.3 is 9.47 Å². The molecule has 20 heavy (non-hydrogen) atoms. The summed E-state index contributed by atoms with van der Waals surface area (Å²) >= 11 is 0. The molecule has 108 valence electrons. The topological polar surface area (TPSA) is 91.5 Å². The molecule has 1 fully saturated rings. The van der Waals surface area contributed by atoms with Crippen LogP contribution in [0.5, 0.6) is 0 Å². The minimum Gasteiger partial charge on any atom is -0.347 e. The van der Waals surface area contributed by atoms with E-state index in [0.29, 0.717) is 19.6 Å². The molecule has 3 rings (SSSR count). The minimum absolute atomic E-state index is 0.114. The highest BCUT2D eigenvalue weighted by Gasteiger charge is 2.37. The Balaban J connectivity index is 1.79. The Kier molecular flexibility index (Phi) is 3.37. The van der Waals surface area contributed by atoms with E-state index in [-0.39, 0.29) is 5.03 Å². The molecule has 0 radical (unpaired) electrons. The Morgan fingerprint density at radius 1 is 1.25 bits per heavy atom. The maximum absolute atomic E-state index is 11.2. The van der Waals surface area contributed by atoms with Gasteiger partial charge in [0.2, 0.25) is 0 Å². The lowest BCUT2D eigenvalue weighted by Gasteiger charge is -2.30. The van der Waals surface area contributed by atoms with Crippen molar-refractivity contribution in [2.24, 2.45) is 5.14 Å². The number of nitrogens with two attached hydrogens (primary N) is 1. The molecule has 6 nitrogen and oxygen atoms in total. The normalized spacial score (nSPS) is 21.9. The first-order valence-corrected chi connectivity index (χ1v) is 7.99. The number of pyridine rings is 1. The smallest absolute Gasteiger partial charge is 0.255 e. The van der Waals surface area contributed by atoms with Crippen molar-refractivity contribution in [2.75, 3.05) is 13.2 Å². The second-order valence-corrected chi connectivity index (χ2v) is 6.48. The number of aromatic nitrogens is 1. The number of hydrogen-bond acceptors (Lipinski definition) is 5. The molecule has 0 saturated carbocycles. The van der Waals surface area contributed by atoms with Crippen molar-refractivity contribution in [1.29, 1.82) is 0 Å². The van der Waals surface area contributed by atoms with Crippen LogP contribution in [0.2, 0.25) is 0 Å². The standard InChI is InChI=1S/C13H16N2O4S/c14-20(16,17)12-2-1-11(9-15-12)10-3-5-13(6-4-10)18-7-8-19-13/h1-3,9H,4-8H2,(H2,14,16,17). The second-order valence-electron chi connectivity index (χ2n) is 4.97. The zero-order valence-electron chi connectivity index (χ0n) is 10.9. The Labute approximate surface area is 117 Å². The molecule has 0 atom stereocenters. The number of allylic oxidation sites excluding steroid dienone is 1. The van der Waals surface area contributed by atoms with Crippen LogP contribution in [0.15, 0.2) is 29.4 Å². The van der Waals surface area contributed by atoms with Gasteiger partial charge in [-0.3, -0.25) is 0 Å². The van der Waals surface area contributed by atoms with E-state index >= 15 is 0 Å². The third kappa shape index (κ3) is 2.62. The quantitative estimate of drug-likeness (QED) is 0.880. The maximum atomic E-state index is 11.2. The van der Waals surface area contributed by atoms with Crippen LogP contribution in [0.25, 0.3) is 5.57 Å². The van der Waals surface area contributed by atoms with Gasteiger partial charge in [-0.25, -0.2) is 18.5 Å². The van der Waals surface area contributed by atoms with E-state index in [2.05, 4.69) is 11.1 Å². The monoisotopic (exact) mass is 296 g/mol. The summed E-state index contributed by atoms with van der Waals surface area (Å²) in [5, 5.41) is 4.91. The summed E-state index contributed by atoms with van der Waals surface area (Å²) in [7, 11) is -3.74. The molecule has 1 spiro atoms. The molecule has 1 aliphatic heterocycles. The van der Waals surface area contributed by atoms with Crippen molar-refractivity contribution < 1.29 is 17.9 Å². The molecule has 0 aromatic carbocycles. The second kappa shape index (κ2) is 4.92. The van der Waals surface area contributed by atoms with Crippen LogP contribution in [-0.4, -0.2) is 32.4 Å². The fourth-order valence-corrected chi connectivity index (χ4v) is 3.03. The molecule has 1 aromatic rings. The Morgan fingerprint density at radius 3 is 2.50 bits per heavy atom. The molecule has 0 bridgehead atoms. The average molecular weight is 296 g/mol. The fraction of sp³-hybridized carbons (Fsp3) is 0.462. The number of rotatable bonds is 2. The summed E-state index contributed by atoms with van der Waals surface area (Å²) < 4.78 is 33.6. The Morgan fingerprint density at radius 2 is 2.00 bits per heavy atom. The number of sulfonamides is 1. The number of primary sulfonamides is 1. The average Bonchev–Trinajstić information content (AvgIpc) is 2.87. The molecular formula is C13H16N2O4S. The number of hydrogen-bond donors (Lipinski definition) is 1. The fourth-order valence-electron chi connectivity index (χ4n) is 2.57. The highest BCUT2D eigenvalue weighted by Crippen LogP contribution is 2.37. The summed E-state index contributed by atoms with van der Waals surface area (Å²) in [5.41, 5.74) is 2.04. The molecule has 7 heteroatoms. The molecule has 1 aliphatic carbocycles. The van der Waals surface area contributed by atoms with E-state index in [0.717, 1.165) is 24.0 Å². The van der Waals surface area contributed by atoms with Crippen molar-refractivity contribution >= 4 is 15.6 Å². The summed E-state index contributed by atoms with van der Waals surface area (Å²) in [6.45, 7) is 1.29. The lowest BCUT2D eigenvalue weighted by molar-refractivity contribution is -0.159. The molecule has 2 N–H and O–H groups in total. The van der Waals surface area contributed by atoms with Gasteiger partial charge in [0, 0.05) is 19.0 Å². The molecular weight excluding hydrogens is 280 g/mol.